The number of carbonyl (C=O) groups is 2. The second-order valence-corrected chi connectivity index (χ2v) is 9.44. The summed E-state index contributed by atoms with van der Waals surface area (Å²) in [5.74, 6) is 0.885. The fourth-order valence-corrected chi connectivity index (χ4v) is 5.20. The summed E-state index contributed by atoms with van der Waals surface area (Å²) in [5, 5.41) is 2.02. The predicted molar refractivity (Wildman–Crippen MR) is 139 cm³/mol. The molecule has 3 aromatic carbocycles. The fraction of sp³-hybridized carbons (Fsp3) is 0.200. The number of hydrogen-bond acceptors (Lipinski definition) is 6. The van der Waals surface area contributed by atoms with E-state index in [2.05, 4.69) is 46.9 Å². The number of imide groups is 1. The zero-order valence-corrected chi connectivity index (χ0v) is 21.1. The zero-order valence-electron chi connectivity index (χ0n) is 18.2. The number of hydrogen-bond donors (Lipinski definition) is 0. The number of rotatable bonds is 8. The van der Waals surface area contributed by atoms with Gasteiger partial charge in [0.2, 0.25) is 0 Å². The molecule has 0 saturated carbocycles. The van der Waals surface area contributed by atoms with Gasteiger partial charge in [0.05, 0.1) is 28.7 Å². The highest BCUT2D eigenvalue weighted by Gasteiger charge is 2.34. The van der Waals surface area contributed by atoms with Crippen LogP contribution in [0.2, 0.25) is 0 Å². The lowest BCUT2D eigenvalue weighted by Gasteiger charge is -2.15. The summed E-state index contributed by atoms with van der Waals surface area (Å²) in [5.41, 5.74) is 1.84. The molecule has 1 aliphatic rings. The first-order chi connectivity index (χ1) is 16.0. The Bertz CT molecular complexity index is 1240. The molecule has 8 heteroatoms. The minimum atomic E-state index is -0.313. The van der Waals surface area contributed by atoms with Gasteiger partial charge in [-0.3, -0.25) is 14.5 Å². The Morgan fingerprint density at radius 1 is 1.06 bits per heavy atom. The van der Waals surface area contributed by atoms with E-state index in [0.29, 0.717) is 29.6 Å². The molecule has 0 aromatic heterocycles. The maximum atomic E-state index is 12.6. The van der Waals surface area contributed by atoms with E-state index in [0.717, 1.165) is 37.2 Å². The zero-order chi connectivity index (χ0) is 23.4. The van der Waals surface area contributed by atoms with E-state index in [1.165, 1.54) is 12.0 Å². The third-order valence-corrected chi connectivity index (χ3v) is 6.90. The van der Waals surface area contributed by atoms with Crippen molar-refractivity contribution in [2.24, 2.45) is 0 Å². The van der Waals surface area contributed by atoms with Gasteiger partial charge in [0.15, 0.2) is 11.5 Å². The number of amides is 2. The van der Waals surface area contributed by atoms with Crippen LogP contribution in [0.25, 0.3) is 16.8 Å². The van der Waals surface area contributed by atoms with Crippen LogP contribution in [0.1, 0.15) is 11.1 Å². The first kappa shape index (κ1) is 23.6. The highest BCUT2D eigenvalue weighted by Crippen LogP contribution is 2.38. The largest absolute Gasteiger partial charge is 0.493 e. The molecule has 1 aliphatic heterocycles. The van der Waals surface area contributed by atoms with Gasteiger partial charge in [-0.25, -0.2) is 0 Å². The second kappa shape index (κ2) is 10.6. The molecule has 1 heterocycles. The molecule has 0 N–H and O–H groups in total. The standard InChI is InChI=1S/C25H22INO5S/c1-30-11-10-27-24(28)22(33-25(27)29)14-16-12-20(26)23(21(13-16)31-2)32-15-18-8-5-7-17-6-3-4-9-19(17)18/h3-9,12-14H,10-11,15H2,1-2H3/b22-14+. The van der Waals surface area contributed by atoms with Gasteiger partial charge in [-0.1, -0.05) is 42.5 Å². The summed E-state index contributed by atoms with van der Waals surface area (Å²) >= 11 is 3.12. The van der Waals surface area contributed by atoms with Crippen LogP contribution in [0.5, 0.6) is 11.5 Å². The quantitative estimate of drug-likeness (QED) is 0.253. The highest BCUT2D eigenvalue weighted by atomic mass is 127. The van der Waals surface area contributed by atoms with Crippen molar-refractivity contribution in [3.63, 3.8) is 0 Å². The van der Waals surface area contributed by atoms with Crippen LogP contribution >= 0.6 is 34.4 Å². The Kier molecular flexibility index (Phi) is 7.56. The Labute approximate surface area is 210 Å². The molecule has 0 atom stereocenters. The number of fused-ring (bicyclic) bond motifs is 1. The molecule has 170 valence electrons. The Balaban J connectivity index is 1.57. The van der Waals surface area contributed by atoms with Crippen LogP contribution in [0, 0.1) is 3.57 Å². The number of thioether (sulfide) groups is 1. The van der Waals surface area contributed by atoms with Crippen LogP contribution in [0.4, 0.5) is 4.79 Å². The van der Waals surface area contributed by atoms with Crippen LogP contribution in [0.15, 0.2) is 59.5 Å². The van der Waals surface area contributed by atoms with Crippen LogP contribution in [0.3, 0.4) is 0 Å². The van der Waals surface area contributed by atoms with Gasteiger partial charge in [0, 0.05) is 7.11 Å². The van der Waals surface area contributed by atoms with E-state index in [4.69, 9.17) is 14.2 Å². The summed E-state index contributed by atoms with van der Waals surface area (Å²) < 4.78 is 17.6. The topological polar surface area (TPSA) is 65.1 Å². The Morgan fingerprint density at radius 3 is 2.64 bits per heavy atom. The van der Waals surface area contributed by atoms with E-state index in [-0.39, 0.29) is 17.7 Å². The molecule has 3 aromatic rings. The van der Waals surface area contributed by atoms with Gasteiger partial charge in [-0.05, 0) is 74.5 Å². The lowest BCUT2D eigenvalue weighted by molar-refractivity contribution is -0.123. The summed E-state index contributed by atoms with van der Waals surface area (Å²) in [4.78, 5) is 26.3. The number of methoxy groups -OCH3 is 2. The molecule has 0 bridgehead atoms. The van der Waals surface area contributed by atoms with Crippen LogP contribution in [-0.4, -0.2) is 43.4 Å². The Morgan fingerprint density at radius 2 is 1.85 bits per heavy atom. The van der Waals surface area contributed by atoms with Crippen molar-refractivity contribution in [3.05, 3.63) is 74.2 Å². The number of nitrogens with zero attached hydrogens (tertiary/aromatic N) is 1. The normalized spacial score (nSPS) is 15.0. The number of ether oxygens (including phenoxy) is 3. The molecule has 6 nitrogen and oxygen atoms in total. The summed E-state index contributed by atoms with van der Waals surface area (Å²) in [6.45, 7) is 0.936. The third-order valence-electron chi connectivity index (χ3n) is 5.19. The predicted octanol–water partition coefficient (Wildman–Crippen LogP) is 5.71. The maximum Gasteiger partial charge on any atom is 0.293 e. The van der Waals surface area contributed by atoms with Crippen molar-refractivity contribution in [1.29, 1.82) is 0 Å². The molecule has 0 aliphatic carbocycles. The molecule has 0 radical (unpaired) electrons. The van der Waals surface area contributed by atoms with Crippen LogP contribution in [-0.2, 0) is 16.1 Å². The van der Waals surface area contributed by atoms with Crippen molar-refractivity contribution in [3.8, 4) is 11.5 Å². The summed E-state index contributed by atoms with van der Waals surface area (Å²) in [6, 6.07) is 18.1. The van der Waals surface area contributed by atoms with Crippen molar-refractivity contribution >= 4 is 62.3 Å². The number of carbonyl (C=O) groups excluding carboxylic acids is 2. The van der Waals surface area contributed by atoms with E-state index < -0.39 is 0 Å². The molecule has 2 amide bonds. The Hall–Kier alpha value is -2.56. The average molecular weight is 575 g/mol. The maximum absolute atomic E-state index is 12.6. The third kappa shape index (κ3) is 5.18. The average Bonchev–Trinajstić information content (AvgIpc) is 3.08. The van der Waals surface area contributed by atoms with Gasteiger partial charge in [0.25, 0.3) is 11.1 Å². The lowest BCUT2D eigenvalue weighted by Crippen LogP contribution is -2.31. The first-order valence-corrected chi connectivity index (χ1v) is 12.1. The van der Waals surface area contributed by atoms with Gasteiger partial charge >= 0.3 is 0 Å². The van der Waals surface area contributed by atoms with E-state index in [1.54, 1.807) is 13.2 Å². The first-order valence-electron chi connectivity index (χ1n) is 10.2. The van der Waals surface area contributed by atoms with E-state index in [1.807, 2.05) is 30.3 Å². The van der Waals surface area contributed by atoms with Gasteiger partial charge in [0.1, 0.15) is 6.61 Å². The van der Waals surface area contributed by atoms with Crippen molar-refractivity contribution in [2.45, 2.75) is 6.61 Å². The fourth-order valence-electron chi connectivity index (χ4n) is 3.56. The molecule has 4 rings (SSSR count). The van der Waals surface area contributed by atoms with Crippen LogP contribution < -0.4 is 9.47 Å². The number of halogens is 1. The van der Waals surface area contributed by atoms with Crippen molar-refractivity contribution in [1.82, 2.24) is 4.90 Å². The van der Waals surface area contributed by atoms with Crippen molar-refractivity contribution < 1.29 is 23.8 Å². The SMILES string of the molecule is COCCN1C(=O)S/C(=C/c2cc(I)c(OCc3cccc4ccccc34)c(OC)c2)C1=O. The molecular formula is C25H22INO5S. The van der Waals surface area contributed by atoms with Gasteiger partial charge in [-0.15, -0.1) is 0 Å². The summed E-state index contributed by atoms with van der Waals surface area (Å²) in [6.07, 6.45) is 1.71. The summed E-state index contributed by atoms with van der Waals surface area (Å²) in [7, 11) is 3.12. The minimum Gasteiger partial charge on any atom is -0.493 e. The molecule has 1 saturated heterocycles. The van der Waals surface area contributed by atoms with Gasteiger partial charge < -0.3 is 14.2 Å². The monoisotopic (exact) mass is 575 g/mol. The molecule has 1 fully saturated rings. The second-order valence-electron chi connectivity index (χ2n) is 7.29. The minimum absolute atomic E-state index is 0.236. The van der Waals surface area contributed by atoms with Crippen molar-refractivity contribution in [2.75, 3.05) is 27.4 Å². The molecule has 0 spiro atoms. The molecule has 33 heavy (non-hydrogen) atoms. The van der Waals surface area contributed by atoms with Gasteiger partial charge in [-0.2, -0.15) is 0 Å². The van der Waals surface area contributed by atoms with E-state index in [9.17, 15) is 9.59 Å². The smallest absolute Gasteiger partial charge is 0.293 e. The lowest BCUT2D eigenvalue weighted by atomic mass is 10.1. The molecule has 0 unspecified atom stereocenters. The van der Waals surface area contributed by atoms with E-state index >= 15 is 0 Å². The number of benzene rings is 3. The highest BCUT2D eigenvalue weighted by molar-refractivity contribution is 14.1. The molecular weight excluding hydrogens is 553 g/mol.